The lowest BCUT2D eigenvalue weighted by atomic mass is 10.1. The number of amides is 3. The number of aromatic amines is 1. The number of guanidine groups is 1. The lowest BCUT2D eigenvalue weighted by Crippen LogP contribution is -2.57. The van der Waals surface area contributed by atoms with Crippen molar-refractivity contribution in [2.45, 2.75) is 62.7 Å². The van der Waals surface area contributed by atoms with Crippen molar-refractivity contribution in [3.05, 3.63) is 18.2 Å². The SMILES string of the molecule is NC(N)=NCCCC(NC(=O)C(CC(=O)O)NC(=O)C(N)Cc1cnc[nH]1)C(=O)NC(CCC(=O)O)C(=O)O. The Labute approximate surface area is 221 Å². The van der Waals surface area contributed by atoms with Gasteiger partial charge in [0.2, 0.25) is 17.7 Å². The van der Waals surface area contributed by atoms with E-state index in [0.29, 0.717) is 5.69 Å². The minimum Gasteiger partial charge on any atom is -0.481 e. The molecule has 0 fully saturated rings. The largest absolute Gasteiger partial charge is 0.481 e. The number of carboxylic acid groups (broad SMARTS) is 3. The predicted octanol–water partition coefficient (Wildman–Crippen LogP) is -3.79. The topological polar surface area (TPSA) is 318 Å². The molecular formula is C21H33N9O9. The maximum Gasteiger partial charge on any atom is 0.326 e. The number of carboxylic acids is 3. The Morgan fingerprint density at radius 2 is 1.51 bits per heavy atom. The first-order valence-electron chi connectivity index (χ1n) is 11.7. The molecule has 216 valence electrons. The van der Waals surface area contributed by atoms with Crippen molar-refractivity contribution in [1.29, 1.82) is 0 Å². The molecule has 1 aromatic heterocycles. The molecule has 18 heteroatoms. The lowest BCUT2D eigenvalue weighted by molar-refractivity contribution is -0.144. The number of aromatic nitrogens is 2. The highest BCUT2D eigenvalue weighted by molar-refractivity contribution is 5.95. The van der Waals surface area contributed by atoms with Crippen LogP contribution in [-0.2, 0) is 35.2 Å². The van der Waals surface area contributed by atoms with Crippen molar-refractivity contribution in [2.75, 3.05) is 6.54 Å². The van der Waals surface area contributed by atoms with Gasteiger partial charge in [-0.15, -0.1) is 0 Å². The predicted molar refractivity (Wildman–Crippen MR) is 133 cm³/mol. The fourth-order valence-electron chi connectivity index (χ4n) is 3.23. The van der Waals surface area contributed by atoms with Crippen LogP contribution in [0.25, 0.3) is 0 Å². The third kappa shape index (κ3) is 12.9. The molecule has 3 amide bonds. The summed E-state index contributed by atoms with van der Waals surface area (Å²) in [7, 11) is 0. The fraction of sp³-hybridized carbons (Fsp3) is 0.524. The molecule has 0 aliphatic rings. The molecule has 1 aromatic rings. The number of carbonyl (C=O) groups excluding carboxylic acids is 3. The average Bonchev–Trinajstić information content (AvgIpc) is 3.35. The van der Waals surface area contributed by atoms with Gasteiger partial charge >= 0.3 is 17.9 Å². The van der Waals surface area contributed by atoms with E-state index >= 15 is 0 Å². The first kappa shape index (κ1) is 32.3. The molecule has 1 rings (SSSR count). The zero-order chi connectivity index (χ0) is 29.5. The van der Waals surface area contributed by atoms with E-state index in [4.69, 9.17) is 22.3 Å². The zero-order valence-corrected chi connectivity index (χ0v) is 20.8. The van der Waals surface area contributed by atoms with Crippen molar-refractivity contribution in [1.82, 2.24) is 25.9 Å². The summed E-state index contributed by atoms with van der Waals surface area (Å²) in [4.78, 5) is 82.3. The summed E-state index contributed by atoms with van der Waals surface area (Å²) in [5.41, 5.74) is 16.9. The summed E-state index contributed by atoms with van der Waals surface area (Å²) in [5, 5.41) is 34.1. The summed E-state index contributed by atoms with van der Waals surface area (Å²) in [6.45, 7) is 0.0428. The van der Waals surface area contributed by atoms with Crippen LogP contribution >= 0.6 is 0 Å². The van der Waals surface area contributed by atoms with E-state index in [9.17, 15) is 39.0 Å². The second kappa shape index (κ2) is 16.2. The van der Waals surface area contributed by atoms with Gasteiger partial charge in [0.1, 0.15) is 18.1 Å². The molecular weight excluding hydrogens is 522 g/mol. The molecule has 0 aliphatic heterocycles. The van der Waals surface area contributed by atoms with Crippen LogP contribution in [0.5, 0.6) is 0 Å². The highest BCUT2D eigenvalue weighted by Crippen LogP contribution is 2.05. The molecule has 0 aromatic carbocycles. The first-order valence-corrected chi connectivity index (χ1v) is 11.7. The van der Waals surface area contributed by atoms with E-state index in [-0.39, 0.29) is 31.8 Å². The monoisotopic (exact) mass is 555 g/mol. The second-order valence-corrected chi connectivity index (χ2v) is 8.39. The van der Waals surface area contributed by atoms with Crippen LogP contribution < -0.4 is 33.2 Å². The van der Waals surface area contributed by atoms with E-state index < -0.39 is 79.1 Å². The van der Waals surface area contributed by atoms with E-state index in [1.807, 2.05) is 0 Å². The summed E-state index contributed by atoms with van der Waals surface area (Å²) in [6.07, 6.45) is 0.988. The summed E-state index contributed by atoms with van der Waals surface area (Å²) in [6, 6.07) is -5.80. The number of rotatable bonds is 18. The fourth-order valence-corrected chi connectivity index (χ4v) is 3.23. The normalized spacial score (nSPS) is 13.7. The minimum atomic E-state index is -1.64. The number of aliphatic imine (C=N–C) groups is 1. The van der Waals surface area contributed by atoms with Crippen LogP contribution in [0.3, 0.4) is 0 Å². The van der Waals surface area contributed by atoms with Gasteiger partial charge in [-0.2, -0.15) is 0 Å². The average molecular weight is 556 g/mol. The summed E-state index contributed by atoms with van der Waals surface area (Å²) < 4.78 is 0. The summed E-state index contributed by atoms with van der Waals surface area (Å²) in [5.74, 6) is -7.34. The van der Waals surface area contributed by atoms with Crippen molar-refractivity contribution in [3.63, 3.8) is 0 Å². The molecule has 0 radical (unpaired) electrons. The van der Waals surface area contributed by atoms with Crippen LogP contribution in [0.15, 0.2) is 17.5 Å². The molecule has 0 saturated heterocycles. The van der Waals surface area contributed by atoms with E-state index in [2.05, 4.69) is 30.9 Å². The molecule has 4 atom stereocenters. The van der Waals surface area contributed by atoms with Gasteiger partial charge in [0, 0.05) is 31.3 Å². The molecule has 4 unspecified atom stereocenters. The van der Waals surface area contributed by atoms with Crippen molar-refractivity contribution in [2.24, 2.45) is 22.2 Å². The third-order valence-electron chi connectivity index (χ3n) is 5.18. The molecule has 18 nitrogen and oxygen atoms in total. The van der Waals surface area contributed by atoms with E-state index in [1.165, 1.54) is 12.5 Å². The number of nitrogens with zero attached hydrogens (tertiary/aromatic N) is 2. The Hall–Kier alpha value is -4.74. The molecule has 0 saturated carbocycles. The Kier molecular flexibility index (Phi) is 13.4. The Balaban J connectivity index is 3.02. The maximum atomic E-state index is 13.0. The molecule has 1 heterocycles. The smallest absolute Gasteiger partial charge is 0.326 e. The highest BCUT2D eigenvalue weighted by Gasteiger charge is 2.31. The van der Waals surface area contributed by atoms with Gasteiger partial charge in [0.25, 0.3) is 0 Å². The molecule has 0 spiro atoms. The number of H-pyrrole nitrogens is 1. The number of imidazole rings is 1. The number of carbonyl (C=O) groups is 6. The van der Waals surface area contributed by atoms with Crippen molar-refractivity contribution >= 4 is 41.6 Å². The van der Waals surface area contributed by atoms with Gasteiger partial charge < -0.3 is 53.5 Å². The highest BCUT2D eigenvalue weighted by atomic mass is 16.4. The van der Waals surface area contributed by atoms with Gasteiger partial charge in [-0.1, -0.05) is 0 Å². The maximum absolute atomic E-state index is 13.0. The number of nitrogens with two attached hydrogens (primary N) is 3. The van der Waals surface area contributed by atoms with Gasteiger partial charge in [-0.05, 0) is 19.3 Å². The van der Waals surface area contributed by atoms with Crippen molar-refractivity contribution < 1.29 is 44.1 Å². The summed E-state index contributed by atoms with van der Waals surface area (Å²) >= 11 is 0. The van der Waals surface area contributed by atoms with Crippen LogP contribution in [0, 0.1) is 0 Å². The number of aliphatic carboxylic acids is 3. The molecule has 39 heavy (non-hydrogen) atoms. The number of hydrogen-bond acceptors (Lipinski definition) is 9. The Morgan fingerprint density at radius 1 is 0.897 bits per heavy atom. The van der Waals surface area contributed by atoms with Gasteiger partial charge in [0.15, 0.2) is 5.96 Å². The minimum absolute atomic E-state index is 0.00991. The quantitative estimate of drug-likeness (QED) is 0.0472. The molecule has 13 N–H and O–H groups in total. The zero-order valence-electron chi connectivity index (χ0n) is 20.8. The second-order valence-electron chi connectivity index (χ2n) is 8.39. The Bertz CT molecular complexity index is 1040. The molecule has 0 bridgehead atoms. The van der Waals surface area contributed by atoms with Gasteiger partial charge in [-0.25, -0.2) is 9.78 Å². The van der Waals surface area contributed by atoms with Crippen LogP contribution in [-0.4, -0.2) is 97.6 Å². The molecule has 0 aliphatic carbocycles. The lowest BCUT2D eigenvalue weighted by Gasteiger charge is -2.24. The number of nitrogens with one attached hydrogen (secondary N) is 4. The van der Waals surface area contributed by atoms with E-state index in [0.717, 1.165) is 0 Å². The number of hydrogen-bond donors (Lipinski definition) is 10. The van der Waals surface area contributed by atoms with Crippen LogP contribution in [0.4, 0.5) is 0 Å². The van der Waals surface area contributed by atoms with E-state index in [1.54, 1.807) is 0 Å². The van der Waals surface area contributed by atoms with Gasteiger partial charge in [0.05, 0.1) is 18.8 Å². The van der Waals surface area contributed by atoms with Crippen LogP contribution in [0.1, 0.15) is 37.8 Å². The third-order valence-corrected chi connectivity index (χ3v) is 5.18. The van der Waals surface area contributed by atoms with Crippen LogP contribution in [0.2, 0.25) is 0 Å². The first-order chi connectivity index (χ1) is 18.3. The standard InChI is InChI=1S/C21H33N9O9/c22-11(6-10-8-25-9-27-10)17(35)30-14(7-16(33)34)19(37)28-12(2-1-5-26-21(23)24)18(36)29-13(20(38)39)3-4-15(31)32/h8-9,11-14H,1-7,22H2,(H,25,27)(H,28,37)(H,29,36)(H,30,35)(H,31,32)(H,33,34)(H,38,39)(H4,23,24,26). The Morgan fingerprint density at radius 3 is 2.05 bits per heavy atom. The van der Waals surface area contributed by atoms with Gasteiger partial charge in [-0.3, -0.25) is 29.0 Å². The van der Waals surface area contributed by atoms with Crippen molar-refractivity contribution in [3.8, 4) is 0 Å².